The zero-order valence-corrected chi connectivity index (χ0v) is 16.3. The van der Waals surface area contributed by atoms with Gasteiger partial charge in [-0.05, 0) is 42.0 Å². The third kappa shape index (κ3) is 3.82. The number of rotatable bonds is 5. The summed E-state index contributed by atoms with van der Waals surface area (Å²) in [5, 5.41) is 3.15. The monoisotopic (exact) mass is 409 g/mol. The number of benzene rings is 3. The molecule has 1 amide bonds. The van der Waals surface area contributed by atoms with Crippen molar-refractivity contribution in [1.82, 2.24) is 0 Å². The van der Waals surface area contributed by atoms with Crippen LogP contribution in [0.4, 0.5) is 10.1 Å². The predicted molar refractivity (Wildman–Crippen MR) is 112 cm³/mol. The molecule has 0 spiro atoms. The van der Waals surface area contributed by atoms with E-state index < -0.39 is 5.82 Å². The normalized spacial score (nSPS) is 13.9. The number of halogens is 2. The van der Waals surface area contributed by atoms with Gasteiger partial charge in [-0.2, -0.15) is 0 Å². The van der Waals surface area contributed by atoms with Crippen molar-refractivity contribution in [3.8, 4) is 11.5 Å². The largest absolute Gasteiger partial charge is 0.493 e. The number of amides is 1. The van der Waals surface area contributed by atoms with Crippen LogP contribution in [0.1, 0.15) is 16.7 Å². The SMILES string of the molecule is COc1cc(/C=C2/C(=O)Nc3ccccc32)ccc1OCc1c(F)cccc1Cl. The highest BCUT2D eigenvalue weighted by Crippen LogP contribution is 2.35. The van der Waals surface area contributed by atoms with Crippen LogP contribution in [0.15, 0.2) is 60.7 Å². The van der Waals surface area contributed by atoms with Crippen LogP contribution in [0.3, 0.4) is 0 Å². The quantitative estimate of drug-likeness (QED) is 0.561. The average Bonchev–Trinajstić information content (AvgIpc) is 3.03. The number of hydrogen-bond donors (Lipinski definition) is 1. The van der Waals surface area contributed by atoms with Gasteiger partial charge in [0.05, 0.1) is 12.1 Å². The van der Waals surface area contributed by atoms with Crippen LogP contribution in [0.25, 0.3) is 11.6 Å². The van der Waals surface area contributed by atoms with Crippen molar-refractivity contribution in [3.63, 3.8) is 0 Å². The zero-order chi connectivity index (χ0) is 20.4. The summed E-state index contributed by atoms with van der Waals surface area (Å²) in [6.07, 6.45) is 1.79. The minimum atomic E-state index is -0.427. The molecule has 4 nitrogen and oxygen atoms in total. The first-order valence-corrected chi connectivity index (χ1v) is 9.31. The molecule has 4 rings (SSSR count). The lowest BCUT2D eigenvalue weighted by atomic mass is 10.0. The van der Waals surface area contributed by atoms with E-state index in [-0.39, 0.29) is 18.1 Å². The molecule has 0 atom stereocenters. The zero-order valence-electron chi connectivity index (χ0n) is 15.5. The molecule has 29 heavy (non-hydrogen) atoms. The van der Waals surface area contributed by atoms with Gasteiger partial charge in [0.1, 0.15) is 12.4 Å². The molecule has 6 heteroatoms. The number of hydrogen-bond acceptors (Lipinski definition) is 3. The van der Waals surface area contributed by atoms with Gasteiger partial charge in [-0.15, -0.1) is 0 Å². The van der Waals surface area contributed by atoms with Crippen LogP contribution in [-0.2, 0) is 11.4 Å². The smallest absolute Gasteiger partial charge is 0.256 e. The summed E-state index contributed by atoms with van der Waals surface area (Å²) in [7, 11) is 1.52. The average molecular weight is 410 g/mol. The summed E-state index contributed by atoms with van der Waals surface area (Å²) in [6.45, 7) is -0.0297. The number of anilines is 1. The Balaban J connectivity index is 1.60. The third-order valence-electron chi connectivity index (χ3n) is 4.64. The van der Waals surface area contributed by atoms with Crippen LogP contribution in [0.2, 0.25) is 5.02 Å². The van der Waals surface area contributed by atoms with Gasteiger partial charge in [0.2, 0.25) is 0 Å². The Morgan fingerprint density at radius 3 is 2.69 bits per heavy atom. The minimum Gasteiger partial charge on any atom is -0.493 e. The standard InChI is InChI=1S/C23H17ClFNO3/c1-28-22-12-14(11-16-15-5-2-3-8-20(15)26-23(16)27)9-10-21(22)29-13-17-18(24)6-4-7-19(17)25/h2-12H,13H2,1H3,(H,26,27)/b16-11+. The van der Waals surface area contributed by atoms with Crippen LogP contribution in [0.5, 0.6) is 11.5 Å². The van der Waals surface area contributed by atoms with Gasteiger partial charge in [-0.1, -0.05) is 41.9 Å². The summed E-state index contributed by atoms with van der Waals surface area (Å²) >= 11 is 6.05. The van der Waals surface area contributed by atoms with Crippen molar-refractivity contribution in [2.75, 3.05) is 12.4 Å². The molecule has 1 aliphatic rings. The lowest BCUT2D eigenvalue weighted by molar-refractivity contribution is -0.110. The van der Waals surface area contributed by atoms with Gasteiger partial charge >= 0.3 is 0 Å². The molecule has 0 saturated heterocycles. The van der Waals surface area contributed by atoms with E-state index in [4.69, 9.17) is 21.1 Å². The number of fused-ring (bicyclic) bond motifs is 1. The van der Waals surface area contributed by atoms with Gasteiger partial charge < -0.3 is 14.8 Å². The molecule has 3 aromatic rings. The molecule has 0 fully saturated rings. The highest BCUT2D eigenvalue weighted by molar-refractivity contribution is 6.34. The van der Waals surface area contributed by atoms with Crippen LogP contribution in [0, 0.1) is 5.82 Å². The number of ether oxygens (including phenoxy) is 2. The lowest BCUT2D eigenvalue weighted by Crippen LogP contribution is -2.03. The number of carbonyl (C=O) groups is 1. The maximum Gasteiger partial charge on any atom is 0.256 e. The first-order valence-electron chi connectivity index (χ1n) is 8.93. The summed E-state index contributed by atoms with van der Waals surface area (Å²) in [6, 6.07) is 17.3. The Morgan fingerprint density at radius 1 is 1.07 bits per heavy atom. The van der Waals surface area contributed by atoms with E-state index >= 15 is 0 Å². The van der Waals surface area contributed by atoms with E-state index in [1.54, 1.807) is 30.3 Å². The topological polar surface area (TPSA) is 47.6 Å². The van der Waals surface area contributed by atoms with E-state index in [9.17, 15) is 9.18 Å². The number of para-hydroxylation sites is 1. The van der Waals surface area contributed by atoms with Crippen molar-refractivity contribution in [1.29, 1.82) is 0 Å². The third-order valence-corrected chi connectivity index (χ3v) is 5.00. The molecule has 0 bridgehead atoms. The summed E-state index contributed by atoms with van der Waals surface area (Å²) in [5.74, 6) is 0.340. The molecule has 1 N–H and O–H groups in total. The van der Waals surface area contributed by atoms with Crippen molar-refractivity contribution >= 4 is 34.8 Å². The summed E-state index contributed by atoms with van der Waals surface area (Å²) < 4.78 is 25.1. The van der Waals surface area contributed by atoms with E-state index in [2.05, 4.69) is 5.32 Å². The Hall–Kier alpha value is -3.31. The van der Waals surface area contributed by atoms with Crippen molar-refractivity contribution in [3.05, 3.63) is 88.2 Å². The van der Waals surface area contributed by atoms with Crippen molar-refractivity contribution in [2.24, 2.45) is 0 Å². The van der Waals surface area contributed by atoms with Crippen molar-refractivity contribution in [2.45, 2.75) is 6.61 Å². The summed E-state index contributed by atoms with van der Waals surface area (Å²) in [4.78, 5) is 12.3. The van der Waals surface area contributed by atoms with E-state index in [1.807, 2.05) is 30.3 Å². The minimum absolute atomic E-state index is 0.0297. The van der Waals surface area contributed by atoms with Gasteiger partial charge in [-0.25, -0.2) is 4.39 Å². The fourth-order valence-corrected chi connectivity index (χ4v) is 3.38. The van der Waals surface area contributed by atoms with Gasteiger partial charge in [0, 0.05) is 22.4 Å². The molecule has 0 unspecified atom stereocenters. The number of carbonyl (C=O) groups excluding carboxylic acids is 1. The van der Waals surface area contributed by atoms with E-state index in [1.165, 1.54) is 13.2 Å². The van der Waals surface area contributed by atoms with Gasteiger partial charge in [0.25, 0.3) is 5.91 Å². The molecular weight excluding hydrogens is 393 g/mol. The maximum absolute atomic E-state index is 13.9. The Kier molecular flexibility index (Phi) is 5.23. The molecule has 0 aliphatic carbocycles. The van der Waals surface area contributed by atoms with Gasteiger partial charge in [0.15, 0.2) is 11.5 Å². The summed E-state index contributed by atoms with van der Waals surface area (Å²) in [5.41, 5.74) is 3.28. The fourth-order valence-electron chi connectivity index (χ4n) is 3.16. The Bertz CT molecular complexity index is 1110. The molecule has 1 aliphatic heterocycles. The fraction of sp³-hybridized carbons (Fsp3) is 0.0870. The molecule has 3 aromatic carbocycles. The Morgan fingerprint density at radius 2 is 1.90 bits per heavy atom. The highest BCUT2D eigenvalue weighted by atomic mass is 35.5. The molecule has 0 aromatic heterocycles. The predicted octanol–water partition coefficient (Wildman–Crippen LogP) is 5.56. The second kappa shape index (κ2) is 7.97. The second-order valence-corrected chi connectivity index (χ2v) is 6.86. The van der Waals surface area contributed by atoms with E-state index in [0.29, 0.717) is 22.1 Å². The Labute approximate surface area is 172 Å². The van der Waals surface area contributed by atoms with Crippen molar-refractivity contribution < 1.29 is 18.7 Å². The number of methoxy groups -OCH3 is 1. The first kappa shape index (κ1) is 19.0. The van der Waals surface area contributed by atoms with Crippen LogP contribution < -0.4 is 14.8 Å². The molecular formula is C23H17ClFNO3. The second-order valence-electron chi connectivity index (χ2n) is 6.46. The lowest BCUT2D eigenvalue weighted by Gasteiger charge is -2.13. The van der Waals surface area contributed by atoms with E-state index in [0.717, 1.165) is 16.8 Å². The molecule has 146 valence electrons. The molecule has 1 heterocycles. The first-order chi connectivity index (χ1) is 14.1. The number of nitrogens with one attached hydrogen (secondary N) is 1. The molecule has 0 radical (unpaired) electrons. The van der Waals surface area contributed by atoms with Crippen LogP contribution in [-0.4, -0.2) is 13.0 Å². The van der Waals surface area contributed by atoms with Crippen LogP contribution >= 0.6 is 11.6 Å². The maximum atomic E-state index is 13.9. The van der Waals surface area contributed by atoms with Gasteiger partial charge in [-0.3, -0.25) is 4.79 Å². The molecule has 0 saturated carbocycles. The highest BCUT2D eigenvalue weighted by Gasteiger charge is 2.23.